The Balaban J connectivity index is 2.17. The van der Waals surface area contributed by atoms with Crippen molar-refractivity contribution in [1.29, 1.82) is 0 Å². The molecule has 0 aliphatic heterocycles. The summed E-state index contributed by atoms with van der Waals surface area (Å²) in [7, 11) is 0. The van der Waals surface area contributed by atoms with Crippen LogP contribution in [0.1, 0.15) is 11.3 Å². The molecule has 1 aromatic heterocycles. The van der Waals surface area contributed by atoms with Crippen LogP contribution in [-0.4, -0.2) is 0 Å². The van der Waals surface area contributed by atoms with E-state index in [0.717, 1.165) is 6.26 Å². The monoisotopic (exact) mass is 302 g/mol. The lowest BCUT2D eigenvalue weighted by molar-refractivity contribution is 0.285. The minimum atomic E-state index is -0.491. The van der Waals surface area contributed by atoms with Crippen molar-refractivity contribution in [2.45, 2.75) is 12.5 Å². The molecule has 0 aliphatic rings. The van der Waals surface area contributed by atoms with Gasteiger partial charge >= 0.3 is 0 Å². The van der Waals surface area contributed by atoms with Crippen LogP contribution in [0.4, 0.5) is 4.39 Å². The van der Waals surface area contributed by atoms with Crippen LogP contribution < -0.4 is 10.2 Å². The highest BCUT2D eigenvalue weighted by Crippen LogP contribution is 2.20. The molecule has 6 heteroatoms. The lowest BCUT2D eigenvalue weighted by Gasteiger charge is -2.07. The van der Waals surface area contributed by atoms with Gasteiger partial charge in [0.1, 0.15) is 24.4 Å². The average Bonchev–Trinajstić information content (AvgIpc) is 2.39. The molecular weight excluding hydrogens is 294 g/mol. The van der Waals surface area contributed by atoms with Crippen molar-refractivity contribution in [1.82, 2.24) is 0 Å². The molecule has 0 unspecified atom stereocenters. The van der Waals surface area contributed by atoms with Crippen LogP contribution in [0.15, 0.2) is 39.7 Å². The van der Waals surface area contributed by atoms with Gasteiger partial charge in [0, 0.05) is 11.6 Å². The highest BCUT2D eigenvalue weighted by Gasteiger charge is 2.10. The minimum Gasteiger partial charge on any atom is -0.482 e. The first-order valence-corrected chi connectivity index (χ1v) is 6.26. The van der Waals surface area contributed by atoms with Crippen LogP contribution in [-0.2, 0) is 12.5 Å². The van der Waals surface area contributed by atoms with E-state index in [1.165, 1.54) is 18.2 Å². The predicted molar refractivity (Wildman–Crippen MR) is 70.3 cm³/mol. The van der Waals surface area contributed by atoms with E-state index in [9.17, 15) is 9.18 Å². The van der Waals surface area contributed by atoms with Crippen molar-refractivity contribution in [2.75, 3.05) is 0 Å². The third-order valence-electron chi connectivity index (χ3n) is 2.42. The molecule has 0 N–H and O–H groups in total. The summed E-state index contributed by atoms with van der Waals surface area (Å²) in [6, 6.07) is 5.53. The number of hydrogen-bond acceptors (Lipinski definition) is 3. The Labute approximate surface area is 118 Å². The summed E-state index contributed by atoms with van der Waals surface area (Å²) >= 11 is 11.4. The van der Waals surface area contributed by atoms with E-state index in [1.807, 2.05) is 0 Å². The second kappa shape index (κ2) is 6.08. The number of alkyl halides is 1. The topological polar surface area (TPSA) is 39.4 Å². The van der Waals surface area contributed by atoms with Gasteiger partial charge in [-0.1, -0.05) is 17.7 Å². The average molecular weight is 303 g/mol. The van der Waals surface area contributed by atoms with E-state index in [1.54, 1.807) is 6.07 Å². The van der Waals surface area contributed by atoms with Gasteiger partial charge in [-0.05, 0) is 12.1 Å². The molecule has 0 saturated heterocycles. The standard InChI is InChI=1S/C13H9Cl2FO3/c14-5-8-4-12(17)13(7-18-8)19-6-9-10(15)2-1-3-11(9)16/h1-4,7H,5-6H2. The molecule has 0 bridgehead atoms. The third kappa shape index (κ3) is 3.28. The number of rotatable bonds is 4. The van der Waals surface area contributed by atoms with Gasteiger partial charge in [-0.25, -0.2) is 4.39 Å². The van der Waals surface area contributed by atoms with Gasteiger partial charge in [0.2, 0.25) is 11.2 Å². The molecule has 0 atom stereocenters. The minimum absolute atomic E-state index is 0.0202. The molecule has 0 spiro atoms. The zero-order valence-corrected chi connectivity index (χ0v) is 11.2. The summed E-state index contributed by atoms with van der Waals surface area (Å²) in [4.78, 5) is 11.6. The second-order valence-electron chi connectivity index (χ2n) is 3.70. The van der Waals surface area contributed by atoms with E-state index in [2.05, 4.69) is 0 Å². The van der Waals surface area contributed by atoms with Crippen LogP contribution in [0.25, 0.3) is 0 Å². The van der Waals surface area contributed by atoms with Crippen molar-refractivity contribution < 1.29 is 13.5 Å². The summed E-state index contributed by atoms with van der Waals surface area (Å²) in [5.41, 5.74) is -0.195. The Morgan fingerprint density at radius 2 is 2.16 bits per heavy atom. The molecule has 2 rings (SSSR count). The molecule has 19 heavy (non-hydrogen) atoms. The Hall–Kier alpha value is -1.52. The summed E-state index contributed by atoms with van der Waals surface area (Å²) in [5, 5.41) is 0.238. The predicted octanol–water partition coefficient (Wildman–Crippen LogP) is 3.75. The van der Waals surface area contributed by atoms with Gasteiger partial charge in [0.25, 0.3) is 0 Å². The number of ether oxygens (including phenoxy) is 1. The maximum atomic E-state index is 13.5. The molecular formula is C13H9Cl2FO3. The quantitative estimate of drug-likeness (QED) is 0.808. The normalized spacial score (nSPS) is 10.5. The van der Waals surface area contributed by atoms with Gasteiger partial charge in [-0.15, -0.1) is 11.6 Å². The molecule has 1 aromatic carbocycles. The Morgan fingerprint density at radius 1 is 1.37 bits per heavy atom. The van der Waals surface area contributed by atoms with E-state index < -0.39 is 5.82 Å². The second-order valence-corrected chi connectivity index (χ2v) is 4.37. The molecule has 100 valence electrons. The number of halogens is 3. The zero-order valence-electron chi connectivity index (χ0n) is 9.66. The van der Waals surface area contributed by atoms with E-state index in [-0.39, 0.29) is 34.3 Å². The van der Waals surface area contributed by atoms with Crippen molar-refractivity contribution in [2.24, 2.45) is 0 Å². The maximum absolute atomic E-state index is 13.5. The first-order valence-electron chi connectivity index (χ1n) is 5.35. The Morgan fingerprint density at radius 3 is 2.79 bits per heavy atom. The Kier molecular flexibility index (Phi) is 4.45. The molecule has 0 amide bonds. The first kappa shape index (κ1) is 13.9. The lowest BCUT2D eigenvalue weighted by Crippen LogP contribution is -2.08. The van der Waals surface area contributed by atoms with Gasteiger partial charge in [-0.2, -0.15) is 0 Å². The molecule has 0 aliphatic carbocycles. The van der Waals surface area contributed by atoms with Gasteiger partial charge < -0.3 is 9.15 Å². The first-order chi connectivity index (χ1) is 9.11. The summed E-state index contributed by atoms with van der Waals surface area (Å²) < 4.78 is 23.8. The van der Waals surface area contributed by atoms with Crippen molar-refractivity contribution in [3.63, 3.8) is 0 Å². The van der Waals surface area contributed by atoms with Crippen LogP contribution >= 0.6 is 23.2 Å². The molecule has 0 radical (unpaired) electrons. The van der Waals surface area contributed by atoms with Gasteiger partial charge in [-0.3, -0.25) is 4.79 Å². The molecule has 0 fully saturated rings. The maximum Gasteiger partial charge on any atom is 0.227 e. The summed E-state index contributed by atoms with van der Waals surface area (Å²) in [5.74, 6) is -0.0836. The van der Waals surface area contributed by atoms with Crippen molar-refractivity contribution >= 4 is 23.2 Å². The van der Waals surface area contributed by atoms with Crippen molar-refractivity contribution in [3.8, 4) is 5.75 Å². The van der Waals surface area contributed by atoms with E-state index >= 15 is 0 Å². The zero-order chi connectivity index (χ0) is 13.8. The van der Waals surface area contributed by atoms with Crippen LogP contribution in [0, 0.1) is 5.82 Å². The summed E-state index contributed by atoms with van der Waals surface area (Å²) in [6.45, 7) is -0.156. The van der Waals surface area contributed by atoms with E-state index in [4.69, 9.17) is 32.4 Å². The summed E-state index contributed by atoms with van der Waals surface area (Å²) in [6.07, 6.45) is 1.15. The fraction of sp³-hybridized carbons (Fsp3) is 0.154. The van der Waals surface area contributed by atoms with Crippen molar-refractivity contribution in [3.05, 3.63) is 62.9 Å². The molecule has 3 nitrogen and oxygen atoms in total. The number of hydrogen-bond donors (Lipinski definition) is 0. The number of benzene rings is 1. The van der Waals surface area contributed by atoms with E-state index in [0.29, 0.717) is 5.76 Å². The SMILES string of the molecule is O=c1cc(CCl)occ1OCc1c(F)cccc1Cl. The fourth-order valence-corrected chi connectivity index (χ4v) is 1.79. The van der Waals surface area contributed by atoms with Gasteiger partial charge in [0.15, 0.2) is 0 Å². The van der Waals surface area contributed by atoms with Crippen LogP contribution in [0.2, 0.25) is 5.02 Å². The fourth-order valence-electron chi connectivity index (χ4n) is 1.43. The smallest absolute Gasteiger partial charge is 0.227 e. The molecule has 2 aromatic rings. The lowest BCUT2D eigenvalue weighted by atomic mass is 10.2. The Bertz CT molecular complexity index is 620. The van der Waals surface area contributed by atoms with Crippen LogP contribution in [0.5, 0.6) is 5.75 Å². The molecule has 1 heterocycles. The highest BCUT2D eigenvalue weighted by atomic mass is 35.5. The molecule has 0 saturated carbocycles. The largest absolute Gasteiger partial charge is 0.482 e. The third-order valence-corrected chi connectivity index (χ3v) is 3.04. The van der Waals surface area contributed by atoms with Crippen LogP contribution in [0.3, 0.4) is 0 Å². The van der Waals surface area contributed by atoms with Gasteiger partial charge in [0.05, 0.1) is 10.9 Å². The highest BCUT2D eigenvalue weighted by molar-refractivity contribution is 6.31.